The molecule has 2 nitrogen and oxygen atoms in total. The molecule has 2 N–H and O–H groups in total. The minimum Gasteiger partial charge on any atom is -0.486 e. The lowest BCUT2D eigenvalue weighted by molar-refractivity contribution is 0.121. The molecule has 3 heteroatoms. The fourth-order valence-electron chi connectivity index (χ4n) is 3.54. The lowest BCUT2D eigenvalue weighted by Gasteiger charge is -2.27. The topological polar surface area (TPSA) is 35.2 Å². The van der Waals surface area contributed by atoms with E-state index < -0.39 is 0 Å². The number of halogens is 1. The molecule has 0 saturated carbocycles. The van der Waals surface area contributed by atoms with Crippen molar-refractivity contribution < 1.29 is 4.74 Å². The van der Waals surface area contributed by atoms with Crippen molar-refractivity contribution in [2.24, 2.45) is 0 Å². The van der Waals surface area contributed by atoms with E-state index in [1.807, 2.05) is 0 Å². The zero-order chi connectivity index (χ0) is 16.2. The van der Waals surface area contributed by atoms with E-state index in [-0.39, 0.29) is 11.5 Å². The second-order valence-corrected chi connectivity index (χ2v) is 7.64. The van der Waals surface area contributed by atoms with E-state index in [2.05, 4.69) is 74.8 Å². The zero-order valence-electron chi connectivity index (χ0n) is 13.8. The Kier molecular flexibility index (Phi) is 3.52. The predicted molar refractivity (Wildman–Crippen MR) is 95.8 cm³/mol. The van der Waals surface area contributed by atoms with Gasteiger partial charge in [-0.1, -0.05) is 28.1 Å². The van der Waals surface area contributed by atoms with Gasteiger partial charge in [0, 0.05) is 15.7 Å². The maximum atomic E-state index is 6.37. The molecule has 116 valence electrons. The van der Waals surface area contributed by atoms with Crippen LogP contribution in [-0.4, -0.2) is 5.60 Å². The molecular formula is C19H22BrNO. The Morgan fingerprint density at radius 3 is 2.18 bits per heavy atom. The summed E-state index contributed by atoms with van der Waals surface area (Å²) in [6.07, 6.45) is 0. The fraction of sp³-hybridized carbons (Fsp3) is 0.368. The number of anilines is 1. The maximum Gasteiger partial charge on any atom is 0.127 e. The Hall–Kier alpha value is -1.48. The molecule has 1 heterocycles. The molecule has 2 aromatic rings. The lowest BCUT2D eigenvalue weighted by Crippen LogP contribution is -2.31. The van der Waals surface area contributed by atoms with Gasteiger partial charge in [-0.2, -0.15) is 0 Å². The van der Waals surface area contributed by atoms with Crippen molar-refractivity contribution in [3.8, 4) is 5.75 Å². The summed E-state index contributed by atoms with van der Waals surface area (Å²) in [5.41, 5.74) is 12.9. The van der Waals surface area contributed by atoms with Crippen LogP contribution < -0.4 is 10.5 Å². The molecule has 1 aliphatic rings. The molecule has 0 fully saturated rings. The zero-order valence-corrected chi connectivity index (χ0v) is 15.3. The minimum absolute atomic E-state index is 0.192. The highest BCUT2D eigenvalue weighted by Crippen LogP contribution is 2.53. The van der Waals surface area contributed by atoms with E-state index in [0.717, 1.165) is 32.6 Å². The highest BCUT2D eigenvalue weighted by Gasteiger charge is 2.44. The van der Waals surface area contributed by atoms with E-state index in [1.165, 1.54) is 11.1 Å². The summed E-state index contributed by atoms with van der Waals surface area (Å²) < 4.78 is 7.46. The van der Waals surface area contributed by atoms with Crippen molar-refractivity contribution >= 4 is 21.6 Å². The number of hydrogen-bond donors (Lipinski definition) is 1. The molecule has 0 aromatic heterocycles. The fourth-order valence-corrected chi connectivity index (χ4v) is 3.81. The molecule has 0 amide bonds. The average Bonchev–Trinajstić information content (AvgIpc) is 2.75. The Labute approximate surface area is 140 Å². The molecule has 1 aliphatic heterocycles. The van der Waals surface area contributed by atoms with Crippen LogP contribution in [0.2, 0.25) is 0 Å². The van der Waals surface area contributed by atoms with Crippen molar-refractivity contribution in [1.82, 2.24) is 0 Å². The van der Waals surface area contributed by atoms with Crippen LogP contribution in [-0.2, 0) is 0 Å². The van der Waals surface area contributed by atoms with Gasteiger partial charge in [0.05, 0.1) is 5.92 Å². The summed E-state index contributed by atoms with van der Waals surface area (Å²) in [4.78, 5) is 0. The van der Waals surface area contributed by atoms with Crippen LogP contribution in [0.5, 0.6) is 5.75 Å². The second-order valence-electron chi connectivity index (χ2n) is 6.72. The van der Waals surface area contributed by atoms with Gasteiger partial charge in [-0.25, -0.2) is 0 Å². The molecule has 3 rings (SSSR count). The highest BCUT2D eigenvalue weighted by atomic mass is 79.9. The van der Waals surface area contributed by atoms with Gasteiger partial charge >= 0.3 is 0 Å². The number of fused-ring (bicyclic) bond motifs is 1. The Morgan fingerprint density at radius 1 is 1.00 bits per heavy atom. The van der Waals surface area contributed by atoms with Crippen LogP contribution in [0.1, 0.15) is 47.6 Å². The first-order valence-corrected chi connectivity index (χ1v) is 8.37. The van der Waals surface area contributed by atoms with Gasteiger partial charge < -0.3 is 10.5 Å². The van der Waals surface area contributed by atoms with Crippen molar-refractivity contribution in [2.75, 3.05) is 5.73 Å². The van der Waals surface area contributed by atoms with Crippen LogP contribution >= 0.6 is 15.9 Å². The molecule has 0 saturated heterocycles. The van der Waals surface area contributed by atoms with Gasteiger partial charge in [0.1, 0.15) is 11.4 Å². The Morgan fingerprint density at radius 2 is 1.59 bits per heavy atom. The van der Waals surface area contributed by atoms with Gasteiger partial charge in [0.2, 0.25) is 0 Å². The Balaban J connectivity index is 2.28. The van der Waals surface area contributed by atoms with Gasteiger partial charge in [-0.05, 0) is 69.0 Å². The molecular weight excluding hydrogens is 338 g/mol. The number of ether oxygens (including phenoxy) is 1. The van der Waals surface area contributed by atoms with Gasteiger partial charge in [0.15, 0.2) is 0 Å². The van der Waals surface area contributed by atoms with E-state index in [0.29, 0.717) is 0 Å². The molecule has 22 heavy (non-hydrogen) atoms. The summed E-state index contributed by atoms with van der Waals surface area (Å²) >= 11 is 3.51. The smallest absolute Gasteiger partial charge is 0.127 e. The third-order valence-corrected chi connectivity index (χ3v) is 5.44. The minimum atomic E-state index is -0.286. The third-order valence-electron chi connectivity index (χ3n) is 4.91. The van der Waals surface area contributed by atoms with Crippen molar-refractivity contribution in [3.63, 3.8) is 0 Å². The first kappa shape index (κ1) is 15.4. The summed E-state index contributed by atoms with van der Waals surface area (Å²) in [6, 6.07) is 8.51. The first-order valence-electron chi connectivity index (χ1n) is 7.57. The molecule has 0 bridgehead atoms. The Bertz CT molecular complexity index is 747. The number of hydrogen-bond acceptors (Lipinski definition) is 2. The first-order chi connectivity index (χ1) is 10.2. The normalized spacial score (nSPS) is 18.9. The molecule has 0 aliphatic carbocycles. The van der Waals surface area contributed by atoms with E-state index in [1.54, 1.807) is 0 Å². The van der Waals surface area contributed by atoms with Crippen molar-refractivity contribution in [3.05, 3.63) is 56.6 Å². The largest absolute Gasteiger partial charge is 0.486 e. The third kappa shape index (κ3) is 2.14. The molecule has 0 unspecified atom stereocenters. The molecule has 0 spiro atoms. The summed E-state index contributed by atoms with van der Waals surface area (Å²) in [5.74, 6) is 1.21. The lowest BCUT2D eigenvalue weighted by atomic mass is 9.78. The molecule has 1 atom stereocenters. The summed E-state index contributed by atoms with van der Waals surface area (Å²) in [7, 11) is 0. The van der Waals surface area contributed by atoms with Crippen molar-refractivity contribution in [2.45, 2.75) is 46.1 Å². The monoisotopic (exact) mass is 359 g/mol. The summed E-state index contributed by atoms with van der Waals surface area (Å²) in [5, 5.41) is 0. The quantitative estimate of drug-likeness (QED) is 0.704. The molecule has 0 radical (unpaired) electrons. The van der Waals surface area contributed by atoms with Crippen LogP contribution in [0, 0.1) is 20.8 Å². The van der Waals surface area contributed by atoms with Gasteiger partial charge in [-0.15, -0.1) is 0 Å². The average molecular weight is 360 g/mol. The second kappa shape index (κ2) is 5.02. The van der Waals surface area contributed by atoms with Gasteiger partial charge in [-0.3, -0.25) is 0 Å². The van der Waals surface area contributed by atoms with Crippen LogP contribution in [0.4, 0.5) is 5.69 Å². The van der Waals surface area contributed by atoms with Crippen LogP contribution in [0.25, 0.3) is 0 Å². The van der Waals surface area contributed by atoms with Crippen molar-refractivity contribution in [1.29, 1.82) is 0 Å². The van der Waals surface area contributed by atoms with E-state index in [9.17, 15) is 0 Å². The number of nitrogens with two attached hydrogens (primary N) is 1. The van der Waals surface area contributed by atoms with E-state index >= 15 is 0 Å². The number of nitrogen functional groups attached to an aromatic ring is 1. The number of benzene rings is 2. The van der Waals surface area contributed by atoms with Crippen LogP contribution in [0.3, 0.4) is 0 Å². The summed E-state index contributed by atoms with van der Waals surface area (Å²) in [6.45, 7) is 10.6. The number of rotatable bonds is 1. The van der Waals surface area contributed by atoms with Gasteiger partial charge in [0.25, 0.3) is 0 Å². The standard InChI is InChI=1S/C19H22BrNO/c1-10-11(2)18-15(12(3)17(10)21)16(19(4,5)22-18)13-6-8-14(20)9-7-13/h6-9,16H,21H2,1-5H3/t16-/m1/s1. The highest BCUT2D eigenvalue weighted by molar-refractivity contribution is 9.10. The van der Waals surface area contributed by atoms with E-state index in [4.69, 9.17) is 10.5 Å². The van der Waals surface area contributed by atoms with Crippen LogP contribution in [0.15, 0.2) is 28.7 Å². The SMILES string of the molecule is Cc1c(C)c2c(c(C)c1N)[C@@H](c1ccc(Br)cc1)C(C)(C)O2. The maximum absolute atomic E-state index is 6.37. The molecule has 2 aromatic carbocycles. The predicted octanol–water partition coefficient (Wildman–Crippen LogP) is 5.26.